The summed E-state index contributed by atoms with van der Waals surface area (Å²) in [5.74, 6) is 1.19. The van der Waals surface area contributed by atoms with Gasteiger partial charge in [0.05, 0.1) is 25.5 Å². The Kier molecular flexibility index (Phi) is 6.80. The highest BCUT2D eigenvalue weighted by atomic mass is 32.2. The van der Waals surface area contributed by atoms with Crippen molar-refractivity contribution in [2.75, 3.05) is 37.0 Å². The van der Waals surface area contributed by atoms with E-state index >= 15 is 0 Å². The summed E-state index contributed by atoms with van der Waals surface area (Å²) in [6.07, 6.45) is 1.78. The van der Waals surface area contributed by atoms with Gasteiger partial charge in [-0.25, -0.2) is 4.98 Å². The molecule has 0 N–H and O–H groups in total. The van der Waals surface area contributed by atoms with Gasteiger partial charge in [-0.3, -0.25) is 13.9 Å². The molecule has 1 saturated heterocycles. The fourth-order valence-corrected chi connectivity index (χ4v) is 5.73. The SMILES string of the molecule is Cc1cc(C(=O)CSc2nnc(N3CCOCC3)n2Cc2ccccc2)c(C)n1-c1nccs1. The average Bonchev–Trinajstić information content (AvgIpc) is 3.58. The number of anilines is 1. The van der Waals surface area contributed by atoms with Crippen LogP contribution >= 0.6 is 23.1 Å². The molecule has 0 aliphatic carbocycles. The third-order valence-corrected chi connectivity index (χ3v) is 7.57. The van der Waals surface area contributed by atoms with Crippen LogP contribution in [0.5, 0.6) is 0 Å². The number of carbonyl (C=O) groups excluding carboxylic acids is 1. The van der Waals surface area contributed by atoms with Crippen LogP contribution in [0.3, 0.4) is 0 Å². The van der Waals surface area contributed by atoms with Gasteiger partial charge in [-0.2, -0.15) is 0 Å². The Morgan fingerprint density at radius 3 is 2.68 bits per heavy atom. The molecule has 34 heavy (non-hydrogen) atoms. The minimum atomic E-state index is 0.0723. The molecule has 0 unspecified atom stereocenters. The van der Waals surface area contributed by atoms with Crippen molar-refractivity contribution in [1.29, 1.82) is 0 Å². The molecule has 0 bridgehead atoms. The zero-order valence-corrected chi connectivity index (χ0v) is 20.8. The number of ether oxygens (including phenoxy) is 1. The summed E-state index contributed by atoms with van der Waals surface area (Å²) in [6.45, 7) is 7.53. The Balaban J connectivity index is 1.37. The largest absolute Gasteiger partial charge is 0.378 e. The van der Waals surface area contributed by atoms with Crippen molar-refractivity contribution in [2.24, 2.45) is 0 Å². The van der Waals surface area contributed by atoms with E-state index < -0.39 is 0 Å². The number of carbonyl (C=O) groups is 1. The number of morpholine rings is 1. The van der Waals surface area contributed by atoms with E-state index in [1.165, 1.54) is 11.8 Å². The second-order valence-corrected chi connectivity index (χ2v) is 9.92. The first-order valence-corrected chi connectivity index (χ1v) is 13.0. The molecular formula is C24H26N6O2S2. The molecule has 176 valence electrons. The van der Waals surface area contributed by atoms with Crippen LogP contribution in [-0.2, 0) is 11.3 Å². The van der Waals surface area contributed by atoms with Crippen LogP contribution in [0.2, 0.25) is 0 Å². The molecule has 0 radical (unpaired) electrons. The summed E-state index contributed by atoms with van der Waals surface area (Å²) in [6, 6.07) is 12.2. The van der Waals surface area contributed by atoms with Gasteiger partial charge in [0, 0.05) is 41.6 Å². The summed E-state index contributed by atoms with van der Waals surface area (Å²) >= 11 is 2.99. The number of thiazole rings is 1. The Bertz CT molecular complexity index is 1260. The van der Waals surface area contributed by atoms with Gasteiger partial charge in [0.15, 0.2) is 16.1 Å². The van der Waals surface area contributed by atoms with Gasteiger partial charge in [-0.15, -0.1) is 21.5 Å². The lowest BCUT2D eigenvalue weighted by Gasteiger charge is -2.28. The molecule has 5 rings (SSSR count). The van der Waals surface area contributed by atoms with E-state index in [0.717, 1.165) is 51.8 Å². The Hall–Kier alpha value is -2.95. The predicted octanol–water partition coefficient (Wildman–Crippen LogP) is 4.00. The van der Waals surface area contributed by atoms with Crippen LogP contribution in [0.4, 0.5) is 5.95 Å². The fraction of sp³-hybridized carbons (Fsp3) is 0.333. The molecule has 0 atom stereocenters. The normalized spacial score (nSPS) is 14.0. The molecule has 3 aromatic heterocycles. The highest BCUT2D eigenvalue weighted by Gasteiger charge is 2.23. The minimum Gasteiger partial charge on any atom is -0.378 e. The Labute approximate surface area is 206 Å². The monoisotopic (exact) mass is 494 g/mol. The van der Waals surface area contributed by atoms with Gasteiger partial charge in [-0.1, -0.05) is 42.1 Å². The summed E-state index contributed by atoms with van der Waals surface area (Å²) in [7, 11) is 0. The second-order valence-electron chi connectivity index (χ2n) is 8.10. The number of Topliss-reactive ketones (excluding diaryl/α,β-unsaturated/α-hetero) is 1. The van der Waals surface area contributed by atoms with E-state index in [9.17, 15) is 4.79 Å². The Morgan fingerprint density at radius 1 is 1.15 bits per heavy atom. The van der Waals surface area contributed by atoms with Crippen molar-refractivity contribution in [1.82, 2.24) is 24.3 Å². The lowest BCUT2D eigenvalue weighted by atomic mass is 10.2. The van der Waals surface area contributed by atoms with Crippen molar-refractivity contribution in [2.45, 2.75) is 25.5 Å². The molecule has 0 spiro atoms. The van der Waals surface area contributed by atoms with E-state index in [-0.39, 0.29) is 11.5 Å². The van der Waals surface area contributed by atoms with Crippen LogP contribution < -0.4 is 4.90 Å². The number of aromatic nitrogens is 5. The molecule has 1 fully saturated rings. The first-order chi connectivity index (χ1) is 16.6. The van der Waals surface area contributed by atoms with Gasteiger partial charge >= 0.3 is 0 Å². The second kappa shape index (κ2) is 10.1. The van der Waals surface area contributed by atoms with Crippen molar-refractivity contribution >= 4 is 34.8 Å². The molecule has 1 aliphatic heterocycles. The molecular weight excluding hydrogens is 468 g/mol. The van der Waals surface area contributed by atoms with Crippen molar-refractivity contribution in [3.8, 4) is 5.13 Å². The van der Waals surface area contributed by atoms with Crippen LogP contribution in [0.1, 0.15) is 27.3 Å². The van der Waals surface area contributed by atoms with E-state index in [0.29, 0.717) is 19.8 Å². The van der Waals surface area contributed by atoms with Gasteiger partial charge in [0.1, 0.15) is 0 Å². The van der Waals surface area contributed by atoms with E-state index in [1.807, 2.05) is 48.1 Å². The summed E-state index contributed by atoms with van der Waals surface area (Å²) in [5.41, 5.74) is 3.81. The lowest BCUT2D eigenvalue weighted by Crippen LogP contribution is -2.38. The molecule has 1 aliphatic rings. The number of benzene rings is 1. The molecule has 10 heteroatoms. The summed E-state index contributed by atoms with van der Waals surface area (Å²) in [5, 5.41) is 12.5. The van der Waals surface area contributed by atoms with Gasteiger partial charge < -0.3 is 9.64 Å². The van der Waals surface area contributed by atoms with Crippen molar-refractivity contribution in [3.05, 3.63) is 70.5 Å². The standard InChI is InChI=1S/C24H26N6O2S2/c1-17-14-20(18(2)30(17)23-25-8-13-33-23)21(31)16-34-24-27-26-22(28-9-11-32-12-10-28)29(24)15-19-6-4-3-5-7-19/h3-8,13-14H,9-12,15-16H2,1-2H3. The number of thioether (sulfide) groups is 1. The molecule has 0 saturated carbocycles. The van der Waals surface area contributed by atoms with E-state index in [1.54, 1.807) is 17.5 Å². The maximum absolute atomic E-state index is 13.2. The first kappa shape index (κ1) is 22.8. The number of hydrogen-bond donors (Lipinski definition) is 0. The average molecular weight is 495 g/mol. The zero-order chi connectivity index (χ0) is 23.5. The van der Waals surface area contributed by atoms with E-state index in [4.69, 9.17) is 4.74 Å². The summed E-state index contributed by atoms with van der Waals surface area (Å²) in [4.78, 5) is 19.8. The topological polar surface area (TPSA) is 78.1 Å². The highest BCUT2D eigenvalue weighted by Crippen LogP contribution is 2.27. The fourth-order valence-electron chi connectivity index (χ4n) is 4.16. The molecule has 4 aromatic rings. The number of nitrogens with zero attached hydrogens (tertiary/aromatic N) is 6. The minimum absolute atomic E-state index is 0.0723. The van der Waals surface area contributed by atoms with Crippen LogP contribution in [0.15, 0.2) is 53.1 Å². The molecule has 8 nitrogen and oxygen atoms in total. The van der Waals surface area contributed by atoms with Gasteiger partial charge in [0.25, 0.3) is 0 Å². The third-order valence-electron chi connectivity index (χ3n) is 5.85. The smallest absolute Gasteiger partial charge is 0.228 e. The van der Waals surface area contributed by atoms with Crippen molar-refractivity contribution in [3.63, 3.8) is 0 Å². The van der Waals surface area contributed by atoms with Crippen LogP contribution in [0.25, 0.3) is 5.13 Å². The van der Waals surface area contributed by atoms with Gasteiger partial charge in [0.2, 0.25) is 5.95 Å². The Morgan fingerprint density at radius 2 is 1.94 bits per heavy atom. The number of ketones is 1. The maximum Gasteiger partial charge on any atom is 0.228 e. The predicted molar refractivity (Wildman–Crippen MR) is 135 cm³/mol. The third kappa shape index (κ3) is 4.66. The maximum atomic E-state index is 13.2. The zero-order valence-electron chi connectivity index (χ0n) is 19.2. The van der Waals surface area contributed by atoms with Crippen LogP contribution in [-0.4, -0.2) is 62.2 Å². The summed E-state index contributed by atoms with van der Waals surface area (Å²) < 4.78 is 9.66. The number of aryl methyl sites for hydroxylation is 1. The molecule has 4 heterocycles. The number of rotatable bonds is 8. The quantitative estimate of drug-likeness (QED) is 0.271. The first-order valence-electron chi connectivity index (χ1n) is 11.2. The van der Waals surface area contributed by atoms with Gasteiger partial charge in [-0.05, 0) is 25.5 Å². The van der Waals surface area contributed by atoms with Crippen molar-refractivity contribution < 1.29 is 9.53 Å². The molecule has 0 amide bonds. The number of hydrogen-bond acceptors (Lipinski definition) is 8. The highest BCUT2D eigenvalue weighted by molar-refractivity contribution is 7.99. The molecule has 1 aromatic carbocycles. The lowest BCUT2D eigenvalue weighted by molar-refractivity contribution is 0.102. The van der Waals surface area contributed by atoms with Crippen LogP contribution in [0, 0.1) is 13.8 Å². The van der Waals surface area contributed by atoms with E-state index in [2.05, 4.69) is 36.8 Å².